The van der Waals surface area contributed by atoms with E-state index in [9.17, 15) is 18.0 Å². The molecule has 0 aliphatic rings. The van der Waals surface area contributed by atoms with E-state index in [4.69, 9.17) is 4.42 Å². The molecule has 194 valence electrons. The Bertz CT molecular complexity index is 1460. The highest BCUT2D eigenvalue weighted by molar-refractivity contribution is 5.78. The first kappa shape index (κ1) is 25.5. The zero-order valence-electron chi connectivity index (χ0n) is 20.8. The molecule has 5 rings (SSSR count). The third kappa shape index (κ3) is 4.77. The largest absolute Gasteiger partial charge is 0.421 e. The molecule has 0 bridgehead atoms. The van der Waals surface area contributed by atoms with E-state index in [1.807, 2.05) is 103 Å². The maximum atomic E-state index is 13.8. The van der Waals surface area contributed by atoms with Crippen LogP contribution in [0.15, 0.2) is 118 Å². The summed E-state index contributed by atoms with van der Waals surface area (Å²) in [6.07, 6.45) is -4.05. The quantitative estimate of drug-likeness (QED) is 0.239. The van der Waals surface area contributed by atoms with Gasteiger partial charge in [0.15, 0.2) is 5.58 Å². The van der Waals surface area contributed by atoms with E-state index in [0.717, 1.165) is 16.7 Å². The van der Waals surface area contributed by atoms with Gasteiger partial charge in [0, 0.05) is 6.04 Å². The summed E-state index contributed by atoms with van der Waals surface area (Å²) >= 11 is 0. The molecule has 0 aliphatic carbocycles. The number of hydrogen-bond acceptors (Lipinski definition) is 3. The normalized spacial score (nSPS) is 13.1. The first-order chi connectivity index (χ1) is 18.3. The Balaban J connectivity index is 1.76. The zero-order valence-corrected chi connectivity index (χ0v) is 20.8. The van der Waals surface area contributed by atoms with Crippen molar-refractivity contribution in [3.05, 3.63) is 142 Å². The number of nitrogens with one attached hydrogen (secondary N) is 1. The van der Waals surface area contributed by atoms with Crippen molar-refractivity contribution in [2.75, 3.05) is 6.54 Å². The van der Waals surface area contributed by atoms with Crippen molar-refractivity contribution >= 4 is 11.1 Å². The lowest BCUT2D eigenvalue weighted by atomic mass is 9.76. The Morgan fingerprint density at radius 2 is 1.26 bits per heavy atom. The SMILES string of the molecule is C[C@H](Cc1cccc2c1oc(=O)n2C(c1ccccc1)(c1ccccc1)c1ccccc1)NCC(F)(F)F. The molecular formula is C31H27F3N2O2. The van der Waals surface area contributed by atoms with Crippen LogP contribution in [0.25, 0.3) is 11.1 Å². The van der Waals surface area contributed by atoms with Crippen molar-refractivity contribution in [2.24, 2.45) is 0 Å². The number of alkyl halides is 3. The van der Waals surface area contributed by atoms with E-state index in [-0.39, 0.29) is 6.42 Å². The van der Waals surface area contributed by atoms with Crippen molar-refractivity contribution in [3.8, 4) is 0 Å². The molecule has 0 unspecified atom stereocenters. The number of hydrogen-bond donors (Lipinski definition) is 1. The fourth-order valence-corrected chi connectivity index (χ4v) is 5.19. The predicted molar refractivity (Wildman–Crippen MR) is 142 cm³/mol. The number of nitrogens with zero attached hydrogens (tertiary/aromatic N) is 1. The van der Waals surface area contributed by atoms with Crippen LogP contribution < -0.4 is 11.1 Å². The van der Waals surface area contributed by atoms with Gasteiger partial charge in [-0.15, -0.1) is 0 Å². The molecule has 7 heteroatoms. The van der Waals surface area contributed by atoms with Gasteiger partial charge in [-0.3, -0.25) is 4.57 Å². The Morgan fingerprint density at radius 1 is 0.763 bits per heavy atom. The number of benzene rings is 4. The fourth-order valence-electron chi connectivity index (χ4n) is 5.19. The number of para-hydroxylation sites is 1. The van der Waals surface area contributed by atoms with Gasteiger partial charge in [-0.05, 0) is 41.7 Å². The topological polar surface area (TPSA) is 47.2 Å². The van der Waals surface area contributed by atoms with E-state index in [1.54, 1.807) is 17.6 Å². The van der Waals surface area contributed by atoms with Crippen molar-refractivity contribution in [2.45, 2.75) is 31.1 Å². The lowest BCUT2D eigenvalue weighted by Gasteiger charge is -2.36. The highest BCUT2D eigenvalue weighted by atomic mass is 19.4. The van der Waals surface area contributed by atoms with Crippen LogP contribution in [-0.4, -0.2) is 23.3 Å². The molecule has 1 heterocycles. The number of halogens is 3. The summed E-state index contributed by atoms with van der Waals surface area (Å²) in [5, 5.41) is 2.51. The molecule has 1 atom stereocenters. The molecule has 0 fully saturated rings. The van der Waals surface area contributed by atoms with Crippen LogP contribution >= 0.6 is 0 Å². The average molecular weight is 517 g/mol. The minimum Gasteiger partial charge on any atom is -0.407 e. The second-order valence-corrected chi connectivity index (χ2v) is 9.38. The standard InChI is InChI=1S/C31H27F3N2O2/c1-22(35-21-30(32,33)34)20-23-12-11-19-27-28(23)38-29(37)36(27)31(24-13-5-2-6-14-24,25-15-7-3-8-16-25)26-17-9-4-10-18-26/h2-19,22,35H,20-21H2,1H3/t22-/m1/s1. The smallest absolute Gasteiger partial charge is 0.407 e. The third-order valence-electron chi connectivity index (χ3n) is 6.78. The van der Waals surface area contributed by atoms with Crippen molar-refractivity contribution in [1.29, 1.82) is 0 Å². The zero-order chi connectivity index (χ0) is 26.8. The minimum atomic E-state index is -4.31. The number of fused-ring (bicyclic) bond motifs is 1. The molecule has 38 heavy (non-hydrogen) atoms. The van der Waals surface area contributed by atoms with Gasteiger partial charge < -0.3 is 9.73 Å². The number of rotatable bonds is 8. The van der Waals surface area contributed by atoms with Crippen LogP contribution in [0.4, 0.5) is 13.2 Å². The summed E-state index contributed by atoms with van der Waals surface area (Å²) in [6.45, 7) is 0.593. The van der Waals surface area contributed by atoms with E-state index in [0.29, 0.717) is 16.7 Å². The van der Waals surface area contributed by atoms with Gasteiger partial charge in [0.2, 0.25) is 0 Å². The van der Waals surface area contributed by atoms with Gasteiger partial charge in [0.05, 0.1) is 12.1 Å². The fraction of sp³-hybridized carbons (Fsp3) is 0.194. The maximum Gasteiger partial charge on any atom is 0.421 e. The van der Waals surface area contributed by atoms with Crippen LogP contribution in [-0.2, 0) is 12.0 Å². The maximum absolute atomic E-state index is 13.8. The predicted octanol–water partition coefficient (Wildman–Crippen LogP) is 6.52. The number of oxazole rings is 1. The molecule has 5 aromatic rings. The lowest BCUT2D eigenvalue weighted by Crippen LogP contribution is -2.42. The molecule has 1 aromatic heterocycles. The first-order valence-electron chi connectivity index (χ1n) is 12.4. The van der Waals surface area contributed by atoms with Crippen LogP contribution in [0.2, 0.25) is 0 Å². The highest BCUT2D eigenvalue weighted by Crippen LogP contribution is 2.42. The average Bonchev–Trinajstić information content (AvgIpc) is 3.27. The molecule has 4 nitrogen and oxygen atoms in total. The van der Waals surface area contributed by atoms with E-state index >= 15 is 0 Å². The Morgan fingerprint density at radius 3 is 1.74 bits per heavy atom. The summed E-state index contributed by atoms with van der Waals surface area (Å²) < 4.78 is 45.8. The summed E-state index contributed by atoms with van der Waals surface area (Å²) in [6, 6.07) is 34.2. The van der Waals surface area contributed by atoms with E-state index in [1.165, 1.54) is 0 Å². The van der Waals surface area contributed by atoms with Crippen LogP contribution in [0.5, 0.6) is 0 Å². The monoisotopic (exact) mass is 516 g/mol. The Kier molecular flexibility index (Phi) is 6.95. The Hall–Kier alpha value is -4.10. The molecule has 1 N–H and O–H groups in total. The summed E-state index contributed by atoms with van der Waals surface area (Å²) in [5.74, 6) is -0.556. The summed E-state index contributed by atoms with van der Waals surface area (Å²) in [5.41, 5.74) is 3.12. The Labute approximate surface area is 218 Å². The van der Waals surface area contributed by atoms with Crippen molar-refractivity contribution in [1.82, 2.24) is 9.88 Å². The molecule has 0 amide bonds. The molecule has 4 aromatic carbocycles. The highest BCUT2D eigenvalue weighted by Gasteiger charge is 2.41. The third-order valence-corrected chi connectivity index (χ3v) is 6.78. The molecule has 0 saturated carbocycles. The van der Waals surface area contributed by atoms with Gasteiger partial charge in [0.25, 0.3) is 0 Å². The second kappa shape index (κ2) is 10.3. The molecule has 0 radical (unpaired) electrons. The second-order valence-electron chi connectivity index (χ2n) is 9.38. The van der Waals surface area contributed by atoms with E-state index < -0.39 is 30.1 Å². The lowest BCUT2D eigenvalue weighted by molar-refractivity contribution is -0.126. The van der Waals surface area contributed by atoms with Gasteiger partial charge >= 0.3 is 11.9 Å². The summed E-state index contributed by atoms with van der Waals surface area (Å²) in [7, 11) is 0. The first-order valence-corrected chi connectivity index (χ1v) is 12.4. The van der Waals surface area contributed by atoms with Gasteiger partial charge in [0.1, 0.15) is 5.54 Å². The van der Waals surface area contributed by atoms with Crippen LogP contribution in [0.3, 0.4) is 0 Å². The van der Waals surface area contributed by atoms with E-state index in [2.05, 4.69) is 5.32 Å². The van der Waals surface area contributed by atoms with Gasteiger partial charge in [-0.25, -0.2) is 4.79 Å². The molecular weight excluding hydrogens is 489 g/mol. The summed E-state index contributed by atoms with van der Waals surface area (Å²) in [4.78, 5) is 13.8. The van der Waals surface area contributed by atoms with Gasteiger partial charge in [-0.2, -0.15) is 13.2 Å². The minimum absolute atomic E-state index is 0.259. The molecule has 0 aliphatic heterocycles. The van der Waals surface area contributed by atoms with Crippen LogP contribution in [0, 0.1) is 0 Å². The van der Waals surface area contributed by atoms with Crippen molar-refractivity contribution < 1.29 is 17.6 Å². The molecule has 0 spiro atoms. The van der Waals surface area contributed by atoms with Crippen LogP contribution in [0.1, 0.15) is 29.2 Å². The molecule has 0 saturated heterocycles. The van der Waals surface area contributed by atoms with Gasteiger partial charge in [-0.1, -0.05) is 103 Å². The van der Waals surface area contributed by atoms with Crippen molar-refractivity contribution in [3.63, 3.8) is 0 Å². The number of aromatic nitrogens is 1.